The van der Waals surface area contributed by atoms with E-state index in [9.17, 15) is 4.79 Å². The first-order valence-corrected chi connectivity index (χ1v) is 6.88. The second-order valence-electron chi connectivity index (χ2n) is 3.62. The van der Waals surface area contributed by atoms with Gasteiger partial charge in [-0.3, -0.25) is 0 Å². The molecule has 112 valence electrons. The quantitative estimate of drug-likeness (QED) is 0.399. The van der Waals surface area contributed by atoms with Crippen LogP contribution in [-0.2, 0) is 9.53 Å². The van der Waals surface area contributed by atoms with Gasteiger partial charge in [0.1, 0.15) is 10.3 Å². The molecule has 0 aliphatic heterocycles. The van der Waals surface area contributed by atoms with Crippen LogP contribution in [0.4, 0.5) is 0 Å². The molecule has 0 amide bonds. The molecule has 0 unspecified atom stereocenters. The summed E-state index contributed by atoms with van der Waals surface area (Å²) in [6.45, 7) is 11.7. The fourth-order valence-electron chi connectivity index (χ4n) is 0.903. The molecule has 0 aromatic heterocycles. The third kappa shape index (κ3) is 10.7. The van der Waals surface area contributed by atoms with Gasteiger partial charge in [0, 0.05) is 0 Å². The molecule has 0 aliphatic carbocycles. The van der Waals surface area contributed by atoms with Gasteiger partial charge in [-0.15, -0.1) is 0 Å². The largest absolute Gasteiger partial charge is 0.464 e. The minimum absolute atomic E-state index is 0. The molecule has 3 nitrogen and oxygen atoms in total. The molecule has 0 spiro atoms. The summed E-state index contributed by atoms with van der Waals surface area (Å²) < 4.78 is 5.29. The number of carbonyl (C=O) groups is 1. The molecule has 0 atom stereocenters. The standard InChI is InChI=1S/C12H18BrNO2.C2H6.CH4/c1-6-9(4)7-10(13)14-11(8(2)3)12(15)16-5;1-2;/h7H,6H2,1-5H3;1-2H3;1H4/b9-7+,14-10?;;. The monoisotopic (exact) mass is 333 g/mol. The van der Waals surface area contributed by atoms with E-state index in [-0.39, 0.29) is 7.43 Å². The smallest absolute Gasteiger partial charge is 0.356 e. The molecular formula is C15H28BrNO2. The van der Waals surface area contributed by atoms with Gasteiger partial charge in [0.05, 0.1) is 7.11 Å². The van der Waals surface area contributed by atoms with E-state index in [4.69, 9.17) is 0 Å². The maximum absolute atomic E-state index is 11.4. The summed E-state index contributed by atoms with van der Waals surface area (Å²) in [5, 5.41) is 0. The maximum atomic E-state index is 11.4. The Morgan fingerprint density at radius 1 is 1.26 bits per heavy atom. The predicted molar refractivity (Wildman–Crippen MR) is 88.9 cm³/mol. The lowest BCUT2D eigenvalue weighted by atomic mass is 10.2. The highest BCUT2D eigenvalue weighted by Crippen LogP contribution is 2.11. The van der Waals surface area contributed by atoms with Gasteiger partial charge >= 0.3 is 5.97 Å². The summed E-state index contributed by atoms with van der Waals surface area (Å²) in [6.07, 6.45) is 2.85. The summed E-state index contributed by atoms with van der Waals surface area (Å²) in [5.41, 5.74) is 2.36. The van der Waals surface area contributed by atoms with Crippen LogP contribution in [0.1, 0.15) is 55.4 Å². The second kappa shape index (κ2) is 13.5. The van der Waals surface area contributed by atoms with Crippen molar-refractivity contribution in [3.63, 3.8) is 0 Å². The van der Waals surface area contributed by atoms with Crippen molar-refractivity contribution in [3.8, 4) is 0 Å². The number of nitrogens with zero attached hydrogens (tertiary/aromatic N) is 1. The van der Waals surface area contributed by atoms with Crippen LogP contribution < -0.4 is 0 Å². The molecular weight excluding hydrogens is 306 g/mol. The molecule has 0 fully saturated rings. The molecule has 0 radical (unpaired) electrons. The number of esters is 1. The Kier molecular flexibility index (Phi) is 16.5. The van der Waals surface area contributed by atoms with E-state index in [0.717, 1.165) is 12.0 Å². The van der Waals surface area contributed by atoms with E-state index in [0.29, 0.717) is 10.3 Å². The van der Waals surface area contributed by atoms with Crippen LogP contribution in [0, 0.1) is 0 Å². The number of aliphatic imine (C=N–C) groups is 1. The molecule has 0 aromatic rings. The zero-order valence-corrected chi connectivity index (χ0v) is 14.0. The fraction of sp³-hybridized carbons (Fsp3) is 0.600. The summed E-state index contributed by atoms with van der Waals surface area (Å²) in [7, 11) is 1.35. The highest BCUT2D eigenvalue weighted by atomic mass is 79.9. The minimum Gasteiger partial charge on any atom is -0.464 e. The van der Waals surface area contributed by atoms with E-state index in [1.165, 1.54) is 12.7 Å². The van der Waals surface area contributed by atoms with Crippen LogP contribution in [0.5, 0.6) is 0 Å². The van der Waals surface area contributed by atoms with Crippen molar-refractivity contribution in [2.45, 2.75) is 55.4 Å². The number of halogens is 1. The van der Waals surface area contributed by atoms with E-state index in [1.54, 1.807) is 0 Å². The SMILES string of the molecule is C.CC.CC/C(C)=C/C(Br)=NC(C(=O)OC)=C(C)C. The summed E-state index contributed by atoms with van der Waals surface area (Å²) in [5.74, 6) is -0.417. The fourth-order valence-corrected chi connectivity index (χ4v) is 1.47. The number of hydrogen-bond acceptors (Lipinski definition) is 3. The van der Waals surface area contributed by atoms with Crippen LogP contribution in [0.25, 0.3) is 0 Å². The summed E-state index contributed by atoms with van der Waals surface area (Å²) in [4.78, 5) is 15.6. The Morgan fingerprint density at radius 2 is 1.74 bits per heavy atom. The zero-order chi connectivity index (χ0) is 14.7. The van der Waals surface area contributed by atoms with Gasteiger partial charge in [-0.25, -0.2) is 9.79 Å². The van der Waals surface area contributed by atoms with Crippen molar-refractivity contribution in [1.29, 1.82) is 0 Å². The third-order valence-corrected chi connectivity index (χ3v) is 2.40. The Hall–Kier alpha value is -0.900. The van der Waals surface area contributed by atoms with Crippen molar-refractivity contribution in [3.05, 3.63) is 22.9 Å². The van der Waals surface area contributed by atoms with Gasteiger partial charge in [0.15, 0.2) is 0 Å². The Balaban J connectivity index is -0.000000809. The molecule has 4 heteroatoms. The average molecular weight is 334 g/mol. The Labute approximate surface area is 127 Å². The van der Waals surface area contributed by atoms with Gasteiger partial charge in [-0.05, 0) is 54.8 Å². The molecule has 0 aliphatic rings. The number of allylic oxidation sites excluding steroid dienone is 3. The molecule has 0 saturated heterocycles. The summed E-state index contributed by atoms with van der Waals surface area (Å²) in [6, 6.07) is 0. The second-order valence-corrected chi connectivity index (χ2v) is 4.43. The van der Waals surface area contributed by atoms with Gasteiger partial charge in [0.2, 0.25) is 0 Å². The van der Waals surface area contributed by atoms with Gasteiger partial charge in [-0.2, -0.15) is 0 Å². The third-order valence-electron chi connectivity index (χ3n) is 1.99. The Bertz CT molecular complexity index is 351. The number of hydrogen-bond donors (Lipinski definition) is 0. The van der Waals surface area contributed by atoms with Crippen LogP contribution in [0.2, 0.25) is 0 Å². The van der Waals surface area contributed by atoms with Crippen LogP contribution >= 0.6 is 15.9 Å². The topological polar surface area (TPSA) is 38.7 Å². The number of rotatable bonds is 4. The van der Waals surface area contributed by atoms with E-state index in [1.807, 2.05) is 40.7 Å². The van der Waals surface area contributed by atoms with Crippen LogP contribution in [0.15, 0.2) is 27.9 Å². The number of carbonyl (C=O) groups excluding carboxylic acids is 1. The predicted octanol–water partition coefficient (Wildman–Crippen LogP) is 5.27. The van der Waals surface area contributed by atoms with Crippen molar-refractivity contribution in [2.75, 3.05) is 7.11 Å². The lowest BCUT2D eigenvalue weighted by Crippen LogP contribution is -2.05. The summed E-state index contributed by atoms with van der Waals surface area (Å²) >= 11 is 3.32. The zero-order valence-electron chi connectivity index (χ0n) is 12.4. The van der Waals surface area contributed by atoms with Crippen molar-refractivity contribution in [2.24, 2.45) is 4.99 Å². The molecule has 0 N–H and O–H groups in total. The lowest BCUT2D eigenvalue weighted by molar-refractivity contribution is -0.136. The van der Waals surface area contributed by atoms with Crippen molar-refractivity contribution < 1.29 is 9.53 Å². The molecule has 0 aromatic carbocycles. The van der Waals surface area contributed by atoms with Crippen LogP contribution in [-0.4, -0.2) is 17.7 Å². The molecule has 0 bridgehead atoms. The highest BCUT2D eigenvalue weighted by molar-refractivity contribution is 9.18. The first-order chi connectivity index (χ1) is 8.42. The van der Waals surface area contributed by atoms with Crippen molar-refractivity contribution >= 4 is 26.5 Å². The average Bonchev–Trinajstić information content (AvgIpc) is 2.36. The van der Waals surface area contributed by atoms with E-state index < -0.39 is 5.97 Å². The number of ether oxygens (including phenoxy) is 1. The van der Waals surface area contributed by atoms with Gasteiger partial charge in [-0.1, -0.05) is 33.8 Å². The van der Waals surface area contributed by atoms with Crippen LogP contribution in [0.3, 0.4) is 0 Å². The van der Waals surface area contributed by atoms with Crippen molar-refractivity contribution in [1.82, 2.24) is 0 Å². The normalized spacial score (nSPS) is 10.7. The maximum Gasteiger partial charge on any atom is 0.356 e. The molecule has 19 heavy (non-hydrogen) atoms. The van der Waals surface area contributed by atoms with E-state index >= 15 is 0 Å². The Morgan fingerprint density at radius 3 is 2.05 bits per heavy atom. The highest BCUT2D eigenvalue weighted by Gasteiger charge is 2.10. The first kappa shape index (κ1) is 23.2. The van der Waals surface area contributed by atoms with Gasteiger partial charge in [0.25, 0.3) is 0 Å². The number of methoxy groups -OCH3 is 1. The minimum atomic E-state index is -0.417. The molecule has 0 rings (SSSR count). The molecule has 0 heterocycles. The van der Waals surface area contributed by atoms with Gasteiger partial charge < -0.3 is 4.74 Å². The van der Waals surface area contributed by atoms with E-state index in [2.05, 4.69) is 32.6 Å². The molecule has 0 saturated carbocycles. The first-order valence-electron chi connectivity index (χ1n) is 6.09. The lowest BCUT2D eigenvalue weighted by Gasteiger charge is -2.02.